The van der Waals surface area contributed by atoms with Crippen LogP contribution >= 0.6 is 0 Å². The van der Waals surface area contributed by atoms with Crippen LogP contribution in [0, 0.1) is 0 Å². The molecule has 1 rings (SSSR count). The Morgan fingerprint density at radius 2 is 2.09 bits per heavy atom. The standard InChI is InChI=1S/C17H23NO5/c1-4-5-10-23-14-8-6-13(11-15(14)22-3)7-9-16(19)18-12(2)17(20)21/h6-9,11-12H,4-5,10H2,1-3H3,(H,18,19)(H,20,21)/b9-7+/t12-/m0/s1. The van der Waals surface area contributed by atoms with Crippen LogP contribution in [0.5, 0.6) is 11.5 Å². The Morgan fingerprint density at radius 3 is 2.70 bits per heavy atom. The summed E-state index contributed by atoms with van der Waals surface area (Å²) in [6.45, 7) is 4.11. The maximum atomic E-state index is 11.6. The Balaban J connectivity index is 2.71. The summed E-state index contributed by atoms with van der Waals surface area (Å²) < 4.78 is 10.9. The van der Waals surface area contributed by atoms with Gasteiger partial charge in [0.1, 0.15) is 6.04 Å². The molecule has 0 saturated carbocycles. The van der Waals surface area contributed by atoms with Gasteiger partial charge in [0, 0.05) is 6.08 Å². The topological polar surface area (TPSA) is 84.9 Å². The predicted molar refractivity (Wildman–Crippen MR) is 87.7 cm³/mol. The van der Waals surface area contributed by atoms with Crippen LogP contribution in [-0.4, -0.2) is 36.7 Å². The van der Waals surface area contributed by atoms with Gasteiger partial charge in [-0.05, 0) is 37.1 Å². The van der Waals surface area contributed by atoms with Crippen LogP contribution in [0.3, 0.4) is 0 Å². The number of ether oxygens (including phenoxy) is 2. The summed E-state index contributed by atoms with van der Waals surface area (Å²) in [5.74, 6) is -0.311. The largest absolute Gasteiger partial charge is 0.493 e. The van der Waals surface area contributed by atoms with E-state index in [1.165, 1.54) is 13.0 Å². The van der Waals surface area contributed by atoms with Crippen LogP contribution in [0.2, 0.25) is 0 Å². The van der Waals surface area contributed by atoms with Crippen LogP contribution in [0.1, 0.15) is 32.3 Å². The van der Waals surface area contributed by atoms with Gasteiger partial charge in [0.05, 0.1) is 13.7 Å². The molecule has 0 saturated heterocycles. The lowest BCUT2D eigenvalue weighted by Crippen LogP contribution is -2.37. The van der Waals surface area contributed by atoms with Gasteiger partial charge < -0.3 is 19.9 Å². The summed E-state index contributed by atoms with van der Waals surface area (Å²) in [5.41, 5.74) is 0.753. The van der Waals surface area contributed by atoms with Crippen LogP contribution in [0.4, 0.5) is 0 Å². The fourth-order valence-corrected chi connectivity index (χ4v) is 1.73. The third kappa shape index (κ3) is 6.42. The molecule has 1 aromatic carbocycles. The van der Waals surface area contributed by atoms with Crippen molar-refractivity contribution in [3.05, 3.63) is 29.8 Å². The monoisotopic (exact) mass is 321 g/mol. The van der Waals surface area contributed by atoms with E-state index in [0.717, 1.165) is 18.4 Å². The SMILES string of the molecule is CCCCOc1ccc(/C=C/C(=O)N[C@@H](C)C(=O)O)cc1OC. The first-order valence-electron chi connectivity index (χ1n) is 7.50. The first-order chi connectivity index (χ1) is 11.0. The molecule has 0 aliphatic heterocycles. The number of rotatable bonds is 9. The Kier molecular flexibility index (Phi) is 7.66. The lowest BCUT2D eigenvalue weighted by atomic mass is 10.2. The van der Waals surface area contributed by atoms with E-state index in [9.17, 15) is 9.59 Å². The van der Waals surface area contributed by atoms with Crippen molar-refractivity contribution in [1.82, 2.24) is 5.32 Å². The van der Waals surface area contributed by atoms with Crippen LogP contribution in [0.25, 0.3) is 6.08 Å². The summed E-state index contributed by atoms with van der Waals surface area (Å²) >= 11 is 0. The molecule has 0 heterocycles. The normalized spacial score (nSPS) is 12.0. The van der Waals surface area contributed by atoms with Crippen LogP contribution in [0.15, 0.2) is 24.3 Å². The van der Waals surface area contributed by atoms with Crippen molar-refractivity contribution in [2.45, 2.75) is 32.7 Å². The van der Waals surface area contributed by atoms with E-state index in [1.54, 1.807) is 31.4 Å². The molecule has 6 nitrogen and oxygen atoms in total. The number of carbonyl (C=O) groups is 2. The highest BCUT2D eigenvalue weighted by Gasteiger charge is 2.11. The number of carboxylic acids is 1. The number of hydrogen-bond donors (Lipinski definition) is 2. The minimum Gasteiger partial charge on any atom is -0.493 e. The summed E-state index contributed by atoms with van der Waals surface area (Å²) in [5, 5.41) is 11.1. The van der Waals surface area contributed by atoms with Crippen molar-refractivity contribution in [3.63, 3.8) is 0 Å². The van der Waals surface area contributed by atoms with Crippen molar-refractivity contribution in [1.29, 1.82) is 0 Å². The quantitative estimate of drug-likeness (QED) is 0.539. The van der Waals surface area contributed by atoms with E-state index in [-0.39, 0.29) is 0 Å². The average Bonchev–Trinajstić information content (AvgIpc) is 2.53. The molecule has 0 unspecified atom stereocenters. The van der Waals surface area contributed by atoms with E-state index in [2.05, 4.69) is 12.2 Å². The first-order valence-corrected chi connectivity index (χ1v) is 7.50. The van der Waals surface area contributed by atoms with Crippen molar-refractivity contribution in [3.8, 4) is 11.5 Å². The van der Waals surface area contributed by atoms with E-state index in [0.29, 0.717) is 18.1 Å². The van der Waals surface area contributed by atoms with E-state index >= 15 is 0 Å². The van der Waals surface area contributed by atoms with Crippen molar-refractivity contribution < 1.29 is 24.2 Å². The number of benzene rings is 1. The smallest absolute Gasteiger partial charge is 0.325 e. The van der Waals surface area contributed by atoms with Gasteiger partial charge in [0.15, 0.2) is 11.5 Å². The minimum atomic E-state index is -1.08. The molecule has 0 aromatic heterocycles. The van der Waals surface area contributed by atoms with E-state index < -0.39 is 17.9 Å². The molecule has 0 aliphatic rings. The number of carboxylic acid groups (broad SMARTS) is 1. The highest BCUT2D eigenvalue weighted by molar-refractivity contribution is 5.94. The highest BCUT2D eigenvalue weighted by Crippen LogP contribution is 2.28. The summed E-state index contributed by atoms with van der Waals surface area (Å²) in [6.07, 6.45) is 4.88. The second-order valence-electron chi connectivity index (χ2n) is 5.01. The number of carbonyl (C=O) groups excluding carboxylic acids is 1. The second-order valence-corrected chi connectivity index (χ2v) is 5.01. The van der Waals surface area contributed by atoms with Gasteiger partial charge in [-0.3, -0.25) is 9.59 Å². The van der Waals surface area contributed by atoms with Crippen molar-refractivity contribution in [2.24, 2.45) is 0 Å². The Morgan fingerprint density at radius 1 is 1.35 bits per heavy atom. The predicted octanol–water partition coefficient (Wildman–Crippen LogP) is 2.48. The Hall–Kier alpha value is -2.50. The fourth-order valence-electron chi connectivity index (χ4n) is 1.73. The molecule has 126 valence electrons. The zero-order valence-electron chi connectivity index (χ0n) is 13.7. The van der Waals surface area contributed by atoms with E-state index in [4.69, 9.17) is 14.6 Å². The van der Waals surface area contributed by atoms with E-state index in [1.807, 2.05) is 0 Å². The van der Waals surface area contributed by atoms with Gasteiger partial charge in [-0.15, -0.1) is 0 Å². The van der Waals surface area contributed by atoms with Crippen molar-refractivity contribution in [2.75, 3.05) is 13.7 Å². The molecular weight excluding hydrogens is 298 g/mol. The average molecular weight is 321 g/mol. The van der Waals surface area contributed by atoms with Gasteiger partial charge >= 0.3 is 5.97 Å². The summed E-state index contributed by atoms with van der Waals surface area (Å²) in [6, 6.07) is 4.40. The van der Waals surface area contributed by atoms with Gasteiger partial charge in [-0.2, -0.15) is 0 Å². The number of unbranched alkanes of at least 4 members (excludes halogenated alkanes) is 1. The van der Waals surface area contributed by atoms with Gasteiger partial charge in [-0.25, -0.2) is 0 Å². The maximum Gasteiger partial charge on any atom is 0.325 e. The maximum absolute atomic E-state index is 11.6. The molecular formula is C17H23NO5. The Bertz CT molecular complexity index is 568. The molecule has 0 spiro atoms. The third-order valence-corrected chi connectivity index (χ3v) is 3.10. The van der Waals surface area contributed by atoms with Gasteiger partial charge in [0.25, 0.3) is 0 Å². The molecule has 0 fully saturated rings. The molecule has 23 heavy (non-hydrogen) atoms. The first kappa shape index (κ1) is 18.5. The minimum absolute atomic E-state index is 0.470. The van der Waals surface area contributed by atoms with Crippen LogP contribution in [-0.2, 0) is 9.59 Å². The Labute approximate surface area is 136 Å². The molecule has 1 aromatic rings. The molecule has 1 atom stereocenters. The zero-order chi connectivity index (χ0) is 17.2. The van der Waals surface area contributed by atoms with Crippen LogP contribution < -0.4 is 14.8 Å². The number of methoxy groups -OCH3 is 1. The van der Waals surface area contributed by atoms with Gasteiger partial charge in [-0.1, -0.05) is 19.4 Å². The third-order valence-electron chi connectivity index (χ3n) is 3.10. The highest BCUT2D eigenvalue weighted by atomic mass is 16.5. The molecule has 0 bridgehead atoms. The lowest BCUT2D eigenvalue weighted by Gasteiger charge is -2.11. The summed E-state index contributed by atoms with van der Waals surface area (Å²) in [4.78, 5) is 22.3. The second kappa shape index (κ2) is 9.50. The fraction of sp³-hybridized carbons (Fsp3) is 0.412. The molecule has 6 heteroatoms. The summed E-state index contributed by atoms with van der Waals surface area (Å²) in [7, 11) is 1.55. The number of nitrogens with one attached hydrogen (secondary N) is 1. The number of amides is 1. The number of aliphatic carboxylic acids is 1. The number of hydrogen-bond acceptors (Lipinski definition) is 4. The molecule has 1 amide bonds. The lowest BCUT2D eigenvalue weighted by molar-refractivity contribution is -0.140. The molecule has 2 N–H and O–H groups in total. The van der Waals surface area contributed by atoms with Crippen molar-refractivity contribution >= 4 is 18.0 Å². The molecule has 0 aliphatic carbocycles. The van der Waals surface area contributed by atoms with Gasteiger partial charge in [0.2, 0.25) is 5.91 Å². The zero-order valence-corrected chi connectivity index (χ0v) is 13.7. The molecule has 0 radical (unpaired) electrons.